The second-order valence-electron chi connectivity index (χ2n) is 5.73. The molecule has 0 N–H and O–H groups in total. The summed E-state index contributed by atoms with van der Waals surface area (Å²) in [5.41, 5.74) is 1.98. The Balaban J connectivity index is 1.86. The minimum Gasteiger partial charge on any atom is -0.465 e. The van der Waals surface area contributed by atoms with Gasteiger partial charge in [-0.3, -0.25) is 9.59 Å². The van der Waals surface area contributed by atoms with E-state index in [0.717, 1.165) is 15.8 Å². The van der Waals surface area contributed by atoms with Gasteiger partial charge in [0.15, 0.2) is 4.80 Å². The molecule has 26 heavy (non-hydrogen) atoms. The van der Waals surface area contributed by atoms with Crippen LogP contribution in [-0.2, 0) is 27.3 Å². The smallest absolute Gasteiger partial charge is 0.326 e. The third-order valence-corrected chi connectivity index (χ3v) is 4.93. The third-order valence-electron chi connectivity index (χ3n) is 3.87. The molecule has 0 fully saturated rings. The van der Waals surface area contributed by atoms with Gasteiger partial charge in [0.1, 0.15) is 6.54 Å². The standard InChI is InChI=1S/C20H20N2O3S/c1-2-25-19(24)14-22-16-10-6-7-11-17(16)26-20(22)21-18(23)13-12-15-8-4-3-5-9-15/h3-11H,2,12-14H2,1H3. The highest BCUT2D eigenvalue weighted by Crippen LogP contribution is 2.17. The van der Waals surface area contributed by atoms with Crippen LogP contribution in [0, 0.1) is 0 Å². The van der Waals surface area contributed by atoms with E-state index in [1.165, 1.54) is 11.3 Å². The van der Waals surface area contributed by atoms with Crippen molar-refractivity contribution in [3.05, 3.63) is 65.0 Å². The molecule has 0 radical (unpaired) electrons. The van der Waals surface area contributed by atoms with Gasteiger partial charge in [-0.25, -0.2) is 0 Å². The monoisotopic (exact) mass is 368 g/mol. The number of para-hydroxylation sites is 1. The van der Waals surface area contributed by atoms with E-state index in [1.54, 1.807) is 11.5 Å². The summed E-state index contributed by atoms with van der Waals surface area (Å²) in [6, 6.07) is 17.5. The number of rotatable bonds is 6. The van der Waals surface area contributed by atoms with Gasteiger partial charge in [-0.2, -0.15) is 4.99 Å². The predicted molar refractivity (Wildman–Crippen MR) is 102 cm³/mol. The summed E-state index contributed by atoms with van der Waals surface area (Å²) < 4.78 is 7.77. The fourth-order valence-corrected chi connectivity index (χ4v) is 3.70. The lowest BCUT2D eigenvalue weighted by Gasteiger charge is -2.05. The largest absolute Gasteiger partial charge is 0.465 e. The highest BCUT2D eigenvalue weighted by molar-refractivity contribution is 7.16. The number of esters is 1. The van der Waals surface area contributed by atoms with Crippen molar-refractivity contribution in [1.29, 1.82) is 0 Å². The van der Waals surface area contributed by atoms with Gasteiger partial charge in [-0.05, 0) is 31.0 Å². The second kappa shape index (κ2) is 8.58. The molecule has 3 aromatic rings. The molecule has 3 rings (SSSR count). The van der Waals surface area contributed by atoms with Crippen molar-refractivity contribution in [2.75, 3.05) is 6.61 Å². The highest BCUT2D eigenvalue weighted by atomic mass is 32.1. The van der Waals surface area contributed by atoms with Crippen LogP contribution >= 0.6 is 11.3 Å². The number of hydrogen-bond acceptors (Lipinski definition) is 4. The number of aromatic nitrogens is 1. The van der Waals surface area contributed by atoms with E-state index >= 15 is 0 Å². The minimum absolute atomic E-state index is 0.0443. The number of carbonyl (C=O) groups is 2. The molecule has 2 aromatic carbocycles. The lowest BCUT2D eigenvalue weighted by molar-refractivity contribution is -0.143. The van der Waals surface area contributed by atoms with Crippen LogP contribution in [0.1, 0.15) is 18.9 Å². The van der Waals surface area contributed by atoms with Crippen molar-refractivity contribution in [2.24, 2.45) is 4.99 Å². The molecular formula is C20H20N2O3S. The molecule has 5 nitrogen and oxygen atoms in total. The Morgan fingerprint density at radius 1 is 1.08 bits per heavy atom. The van der Waals surface area contributed by atoms with Gasteiger partial charge in [0.2, 0.25) is 5.91 Å². The Bertz CT molecular complexity index is 973. The molecule has 1 aromatic heterocycles. The molecular weight excluding hydrogens is 348 g/mol. The maximum absolute atomic E-state index is 12.3. The third kappa shape index (κ3) is 4.46. The first-order valence-electron chi connectivity index (χ1n) is 8.53. The van der Waals surface area contributed by atoms with Gasteiger partial charge in [0.25, 0.3) is 0 Å². The Kier molecular flexibility index (Phi) is 5.96. The zero-order valence-corrected chi connectivity index (χ0v) is 15.4. The van der Waals surface area contributed by atoms with Crippen molar-refractivity contribution in [3.8, 4) is 0 Å². The van der Waals surface area contributed by atoms with Crippen molar-refractivity contribution >= 4 is 33.4 Å². The molecule has 0 spiro atoms. The van der Waals surface area contributed by atoms with Crippen LogP contribution in [0.4, 0.5) is 0 Å². The molecule has 0 saturated carbocycles. The van der Waals surface area contributed by atoms with Crippen LogP contribution in [0.3, 0.4) is 0 Å². The number of nitrogens with zero attached hydrogens (tertiary/aromatic N) is 2. The van der Waals surface area contributed by atoms with Crippen molar-refractivity contribution < 1.29 is 14.3 Å². The number of carbonyl (C=O) groups excluding carboxylic acids is 2. The van der Waals surface area contributed by atoms with Gasteiger partial charge in [0.05, 0.1) is 16.8 Å². The zero-order chi connectivity index (χ0) is 18.4. The number of benzene rings is 2. The fraction of sp³-hybridized carbons (Fsp3) is 0.250. The molecule has 0 bridgehead atoms. The van der Waals surface area contributed by atoms with E-state index in [9.17, 15) is 9.59 Å². The lowest BCUT2D eigenvalue weighted by Crippen LogP contribution is -2.23. The number of hydrogen-bond donors (Lipinski definition) is 0. The number of thiazole rings is 1. The molecule has 0 atom stereocenters. The van der Waals surface area contributed by atoms with Gasteiger partial charge in [0, 0.05) is 6.42 Å². The van der Waals surface area contributed by atoms with E-state index < -0.39 is 0 Å². The lowest BCUT2D eigenvalue weighted by atomic mass is 10.1. The Morgan fingerprint density at radius 3 is 2.58 bits per heavy atom. The van der Waals surface area contributed by atoms with Crippen molar-refractivity contribution in [2.45, 2.75) is 26.3 Å². The molecule has 0 aliphatic carbocycles. The average Bonchev–Trinajstić information content (AvgIpc) is 2.98. The van der Waals surface area contributed by atoms with Gasteiger partial charge in [-0.15, -0.1) is 0 Å². The van der Waals surface area contributed by atoms with E-state index in [1.807, 2.05) is 54.6 Å². The molecule has 134 valence electrons. The van der Waals surface area contributed by atoms with Crippen LogP contribution in [-0.4, -0.2) is 23.1 Å². The normalized spacial score (nSPS) is 11.7. The van der Waals surface area contributed by atoms with Crippen LogP contribution in [0.15, 0.2) is 59.6 Å². The summed E-state index contributed by atoms with van der Waals surface area (Å²) >= 11 is 1.40. The second-order valence-corrected chi connectivity index (χ2v) is 6.74. The molecule has 0 unspecified atom stereocenters. The summed E-state index contributed by atoms with van der Waals surface area (Å²) in [6.07, 6.45) is 0.976. The molecule has 0 aliphatic rings. The van der Waals surface area contributed by atoms with Crippen LogP contribution in [0.5, 0.6) is 0 Å². The number of aryl methyl sites for hydroxylation is 1. The molecule has 1 heterocycles. The summed E-state index contributed by atoms with van der Waals surface area (Å²) in [4.78, 5) is 29.1. The number of ether oxygens (including phenoxy) is 1. The quantitative estimate of drug-likeness (QED) is 0.627. The fourth-order valence-electron chi connectivity index (χ4n) is 2.65. The first-order chi connectivity index (χ1) is 12.7. The van der Waals surface area contributed by atoms with Crippen LogP contribution in [0.2, 0.25) is 0 Å². The molecule has 0 aliphatic heterocycles. The zero-order valence-electron chi connectivity index (χ0n) is 14.6. The maximum Gasteiger partial charge on any atom is 0.326 e. The van der Waals surface area contributed by atoms with E-state index in [-0.39, 0.29) is 18.4 Å². The van der Waals surface area contributed by atoms with E-state index in [4.69, 9.17) is 4.74 Å². The van der Waals surface area contributed by atoms with E-state index in [2.05, 4.69) is 4.99 Å². The Labute approximate surface area is 155 Å². The SMILES string of the molecule is CCOC(=O)Cn1c(=NC(=O)CCc2ccccc2)sc2ccccc21. The molecule has 6 heteroatoms. The minimum atomic E-state index is -0.339. The van der Waals surface area contributed by atoms with E-state index in [0.29, 0.717) is 24.2 Å². The first kappa shape index (κ1) is 18.1. The van der Waals surface area contributed by atoms with Crippen LogP contribution < -0.4 is 4.80 Å². The van der Waals surface area contributed by atoms with Crippen LogP contribution in [0.25, 0.3) is 10.2 Å². The first-order valence-corrected chi connectivity index (χ1v) is 9.34. The predicted octanol–water partition coefficient (Wildman–Crippen LogP) is 3.33. The topological polar surface area (TPSA) is 60.7 Å². The summed E-state index contributed by atoms with van der Waals surface area (Å²) in [7, 11) is 0. The number of amides is 1. The van der Waals surface area contributed by atoms with Crippen molar-refractivity contribution in [3.63, 3.8) is 0 Å². The summed E-state index contributed by atoms with van der Waals surface area (Å²) in [6.45, 7) is 2.14. The Hall–Kier alpha value is -2.73. The van der Waals surface area contributed by atoms with Crippen molar-refractivity contribution in [1.82, 2.24) is 4.57 Å². The maximum atomic E-state index is 12.3. The molecule has 0 saturated heterocycles. The number of fused-ring (bicyclic) bond motifs is 1. The average molecular weight is 368 g/mol. The summed E-state index contributed by atoms with van der Waals surface area (Å²) in [5, 5.41) is 0. The van der Waals surface area contributed by atoms with Gasteiger partial charge >= 0.3 is 5.97 Å². The summed E-state index contributed by atoms with van der Waals surface area (Å²) in [5.74, 6) is -0.535. The van der Waals surface area contributed by atoms with Gasteiger partial charge in [-0.1, -0.05) is 53.8 Å². The Morgan fingerprint density at radius 2 is 1.81 bits per heavy atom. The molecule has 1 amide bonds. The van der Waals surface area contributed by atoms with Gasteiger partial charge < -0.3 is 9.30 Å². The highest BCUT2D eigenvalue weighted by Gasteiger charge is 2.12.